The number of aliphatic carboxylic acids is 1. The summed E-state index contributed by atoms with van der Waals surface area (Å²) in [5, 5.41) is 10.2. The molecule has 0 amide bonds. The Morgan fingerprint density at radius 2 is 0.443 bits per heavy atom. The van der Waals surface area contributed by atoms with Gasteiger partial charge >= 0.3 is 29.6 Å². The van der Waals surface area contributed by atoms with Gasteiger partial charge in [-0.1, -0.05) is 290 Å². The van der Waals surface area contributed by atoms with E-state index in [1.54, 1.807) is 0 Å². The van der Waals surface area contributed by atoms with E-state index in [0.29, 0.717) is 0 Å². The van der Waals surface area contributed by atoms with E-state index < -0.39 is 5.97 Å². The Kier molecular flexibility index (Phi) is 68.0. The first-order valence-electron chi connectivity index (χ1n) is 27.9. The number of carboxylic acid groups (broad SMARTS) is 1. The van der Waals surface area contributed by atoms with E-state index in [4.69, 9.17) is 0 Å². The summed E-state index contributed by atoms with van der Waals surface area (Å²) in [5.74, 6) is -0.903. The predicted octanol–water partition coefficient (Wildman–Crippen LogP) is 12.6. The van der Waals surface area contributed by atoms with Crippen LogP contribution < -0.4 is 47.1 Å². The van der Waals surface area contributed by atoms with Crippen molar-refractivity contribution in [3.05, 3.63) is 0 Å². The third-order valence-corrected chi connectivity index (χ3v) is 13.2. The minimum absolute atomic E-state index is 0. The average molecular weight is 893 g/mol. The van der Waals surface area contributed by atoms with Crippen LogP contribution in [0, 0.1) is 0 Å². The second-order valence-corrected chi connectivity index (χ2v) is 20.1. The molecule has 0 fully saturated rings. The first-order chi connectivity index (χ1) is 28.9. The summed E-state index contributed by atoms with van der Waals surface area (Å²) in [5.41, 5.74) is 0. The number of quaternary nitrogens is 1. The smallest absolute Gasteiger partial charge is 1.00 e. The van der Waals surface area contributed by atoms with Gasteiger partial charge in [0.1, 0.15) is 0 Å². The quantitative estimate of drug-likeness (QED) is 0.0347. The summed E-state index contributed by atoms with van der Waals surface area (Å²) in [6, 6.07) is 0. The van der Waals surface area contributed by atoms with E-state index in [-0.39, 0.29) is 48.4 Å². The summed E-state index contributed by atoms with van der Waals surface area (Å²) in [7, 11) is 4.94. The average Bonchev–Trinajstić information content (AvgIpc) is 3.22. The number of nitrogens with zero attached hydrogens (tertiary/aromatic N) is 1. The molecular formula is C56H115ClNNaO2. The zero-order chi connectivity index (χ0) is 43.4. The van der Waals surface area contributed by atoms with Crippen molar-refractivity contribution in [1.29, 1.82) is 0 Å². The molecule has 0 aromatic carbocycles. The fourth-order valence-electron chi connectivity index (χ4n) is 8.93. The topological polar surface area (TPSA) is 40.1 Å². The molecule has 0 spiro atoms. The molecule has 0 heterocycles. The van der Waals surface area contributed by atoms with Crippen LogP contribution in [0.4, 0.5) is 0 Å². The molecule has 0 aliphatic heterocycles. The summed E-state index contributed by atoms with van der Waals surface area (Å²) >= 11 is 0. The zero-order valence-electron chi connectivity index (χ0n) is 43.5. The van der Waals surface area contributed by atoms with E-state index in [2.05, 4.69) is 34.9 Å². The summed E-state index contributed by atoms with van der Waals surface area (Å²) in [6.45, 7) is 9.66. The first kappa shape index (κ1) is 68.3. The Morgan fingerprint density at radius 3 is 0.607 bits per heavy atom. The van der Waals surface area contributed by atoms with Crippen LogP contribution in [0.2, 0.25) is 0 Å². The van der Waals surface area contributed by atoms with Crippen molar-refractivity contribution in [3.63, 3.8) is 0 Å². The van der Waals surface area contributed by atoms with Crippen LogP contribution >= 0.6 is 0 Å². The van der Waals surface area contributed by atoms with Crippen LogP contribution in [0.5, 0.6) is 0 Å². The van der Waals surface area contributed by atoms with Gasteiger partial charge in [-0.3, -0.25) is 0 Å². The second-order valence-electron chi connectivity index (χ2n) is 20.1. The summed E-state index contributed by atoms with van der Waals surface area (Å²) in [4.78, 5) is 10.2. The molecule has 0 radical (unpaired) electrons. The van der Waals surface area contributed by atoms with Crippen molar-refractivity contribution >= 4 is 5.97 Å². The van der Waals surface area contributed by atoms with Gasteiger partial charge in [-0.05, 0) is 38.5 Å². The van der Waals surface area contributed by atoms with Gasteiger partial charge in [0.2, 0.25) is 0 Å². The van der Waals surface area contributed by atoms with E-state index in [9.17, 15) is 9.90 Å². The maximum atomic E-state index is 10.2. The van der Waals surface area contributed by atoms with Crippen LogP contribution in [0.1, 0.15) is 329 Å². The van der Waals surface area contributed by atoms with Crippen LogP contribution in [-0.2, 0) is 4.79 Å². The van der Waals surface area contributed by atoms with E-state index in [1.165, 1.54) is 307 Å². The molecule has 0 aromatic rings. The molecule has 0 unspecified atom stereocenters. The van der Waals surface area contributed by atoms with Crippen LogP contribution in [0.3, 0.4) is 0 Å². The normalized spacial score (nSPS) is 11.2. The van der Waals surface area contributed by atoms with Gasteiger partial charge in [0.05, 0.1) is 27.2 Å². The Labute approximate surface area is 415 Å². The van der Waals surface area contributed by atoms with Crippen molar-refractivity contribution in [3.8, 4) is 0 Å². The third kappa shape index (κ3) is 67.4. The number of halogens is 1. The van der Waals surface area contributed by atoms with Crippen molar-refractivity contribution in [2.45, 2.75) is 329 Å². The number of carboxylic acids is 1. The molecule has 0 aliphatic rings. The van der Waals surface area contributed by atoms with Crippen molar-refractivity contribution in [2.24, 2.45) is 0 Å². The summed E-state index contributed by atoms with van der Waals surface area (Å²) in [6.07, 6.45) is 66.8. The van der Waals surface area contributed by atoms with Gasteiger partial charge in [0.25, 0.3) is 0 Å². The van der Waals surface area contributed by atoms with E-state index in [0.717, 1.165) is 12.8 Å². The van der Waals surface area contributed by atoms with Crippen molar-refractivity contribution in [1.82, 2.24) is 0 Å². The van der Waals surface area contributed by atoms with Crippen LogP contribution in [0.15, 0.2) is 0 Å². The second kappa shape index (κ2) is 60.7. The zero-order valence-corrected chi connectivity index (χ0v) is 46.3. The Bertz CT molecular complexity index is 727. The van der Waals surface area contributed by atoms with Gasteiger partial charge in [-0.15, -0.1) is 0 Å². The number of hydrogen-bond acceptors (Lipinski definition) is 2. The van der Waals surface area contributed by atoms with Gasteiger partial charge in [0, 0.05) is 5.97 Å². The fourth-order valence-corrected chi connectivity index (χ4v) is 8.93. The van der Waals surface area contributed by atoms with Crippen LogP contribution in [-0.4, -0.2) is 37.6 Å². The standard InChI is InChI=1S/C38H80N.C18H36O2.ClH.Na/c1-5-7-9-11-13-15-17-19-21-23-25-27-29-31-33-35-37-39(3,4)38-36-34-32-30-28-26-24-22-20-18-16-14-12-10-8-6-2;1-2-3-4-5-6-7-8-9-10-11-12-13-14-15-16-17-18(19)20;;/h5-38H2,1-4H3;2-17H2,1H3,(H,19,20);1H;/q+1;;;+1/p-2. The van der Waals surface area contributed by atoms with Crippen molar-refractivity contribution < 1.29 is 56.3 Å². The molecule has 364 valence electrons. The van der Waals surface area contributed by atoms with Gasteiger partial charge in [-0.2, -0.15) is 0 Å². The number of carbonyl (C=O) groups is 1. The molecule has 0 aliphatic carbocycles. The molecule has 0 atom stereocenters. The Morgan fingerprint density at radius 1 is 0.295 bits per heavy atom. The molecule has 0 rings (SSSR count). The van der Waals surface area contributed by atoms with E-state index >= 15 is 0 Å². The SMILES string of the molecule is CCCCCCCCCCCCCCCCCC(=O)[O-].CCCCCCCCCCCCCCCCCC[N+](C)(C)CCCCCCCCCCCCCCCCCC.[Cl-].[Na+]. The fraction of sp³-hybridized carbons (Fsp3) is 0.982. The number of unbranched alkanes of at least 4 members (excludes halogenated alkanes) is 44. The minimum atomic E-state index is -0.903. The Hall–Kier alpha value is 0.720. The van der Waals surface area contributed by atoms with Crippen LogP contribution in [0.25, 0.3) is 0 Å². The minimum Gasteiger partial charge on any atom is -1.00 e. The number of rotatable bonds is 50. The van der Waals surface area contributed by atoms with Gasteiger partial charge < -0.3 is 26.8 Å². The molecule has 0 N–H and O–H groups in total. The maximum Gasteiger partial charge on any atom is 1.00 e. The maximum absolute atomic E-state index is 10.2. The third-order valence-electron chi connectivity index (χ3n) is 13.2. The molecule has 5 heteroatoms. The molecule has 0 saturated carbocycles. The Balaban J connectivity index is -0.000000624. The molecule has 3 nitrogen and oxygen atoms in total. The van der Waals surface area contributed by atoms with Gasteiger partial charge in [-0.25, -0.2) is 0 Å². The first-order valence-corrected chi connectivity index (χ1v) is 27.9. The number of carbonyl (C=O) groups excluding carboxylic acids is 1. The predicted molar refractivity (Wildman–Crippen MR) is 265 cm³/mol. The molecule has 61 heavy (non-hydrogen) atoms. The molecule has 0 bridgehead atoms. The van der Waals surface area contributed by atoms with E-state index in [1.807, 2.05) is 0 Å². The van der Waals surface area contributed by atoms with Crippen molar-refractivity contribution in [2.75, 3.05) is 27.2 Å². The van der Waals surface area contributed by atoms with Gasteiger partial charge in [0.15, 0.2) is 0 Å². The monoisotopic (exact) mass is 892 g/mol. The summed E-state index contributed by atoms with van der Waals surface area (Å²) < 4.78 is 1.25. The molecule has 0 aromatic heterocycles. The molecular weight excluding hydrogens is 777 g/mol. The largest absolute Gasteiger partial charge is 1.00 e. The molecule has 0 saturated heterocycles. The number of hydrogen-bond donors (Lipinski definition) is 0.